The van der Waals surface area contributed by atoms with E-state index in [-0.39, 0.29) is 5.56 Å². The van der Waals surface area contributed by atoms with Crippen LogP contribution in [0.25, 0.3) is 0 Å². The summed E-state index contributed by atoms with van der Waals surface area (Å²) in [6.07, 6.45) is 1.72. The van der Waals surface area contributed by atoms with Crippen molar-refractivity contribution < 1.29 is 0 Å². The summed E-state index contributed by atoms with van der Waals surface area (Å²) in [5.41, 5.74) is 7.71. The number of nitrogen functional groups attached to an aromatic ring is 1. The van der Waals surface area contributed by atoms with E-state index in [0.29, 0.717) is 22.6 Å². The summed E-state index contributed by atoms with van der Waals surface area (Å²) in [7, 11) is 0. The van der Waals surface area contributed by atoms with Gasteiger partial charge in [0.1, 0.15) is 0 Å². The molecule has 5 heteroatoms. The fourth-order valence-corrected chi connectivity index (χ4v) is 4.11. The number of aromatic nitrogens is 1. The largest absolute Gasteiger partial charge is 0.398 e. The number of hydrogen-bond donors (Lipinski definition) is 1. The molecule has 1 aromatic heterocycles. The highest BCUT2D eigenvalue weighted by molar-refractivity contribution is 9.10. The maximum Gasteiger partial charge on any atom is 0.264 e. The molecule has 0 bridgehead atoms. The van der Waals surface area contributed by atoms with Crippen LogP contribution >= 0.6 is 27.7 Å². The van der Waals surface area contributed by atoms with Crippen LogP contribution in [0, 0.1) is 0 Å². The predicted molar refractivity (Wildman–Crippen MR) is 82.7 cm³/mol. The molecule has 19 heavy (non-hydrogen) atoms. The van der Waals surface area contributed by atoms with Gasteiger partial charge in [0.25, 0.3) is 5.56 Å². The van der Waals surface area contributed by atoms with Crippen LogP contribution in [0.5, 0.6) is 0 Å². The van der Waals surface area contributed by atoms with Crippen LogP contribution in [0.4, 0.5) is 5.69 Å². The summed E-state index contributed by atoms with van der Waals surface area (Å²) in [6.45, 7) is 0.673. The Kier molecular flexibility index (Phi) is 3.41. The molecular weight excluding hydrogens is 324 g/mol. The first-order valence-corrected chi connectivity index (χ1v) is 7.80. The number of nitrogens with two attached hydrogens (primary N) is 1. The summed E-state index contributed by atoms with van der Waals surface area (Å²) < 4.78 is 2.22. The van der Waals surface area contributed by atoms with E-state index in [1.165, 1.54) is 10.5 Å². The lowest BCUT2D eigenvalue weighted by atomic mass is 10.0. The molecule has 0 amide bonds. The zero-order valence-corrected chi connectivity index (χ0v) is 12.6. The fourth-order valence-electron chi connectivity index (χ4n) is 2.37. The average molecular weight is 337 g/mol. The van der Waals surface area contributed by atoms with Gasteiger partial charge in [-0.1, -0.05) is 18.2 Å². The number of nitrogens with zero attached hydrogens (tertiary/aromatic N) is 1. The quantitative estimate of drug-likeness (QED) is 0.916. The molecule has 0 radical (unpaired) electrons. The number of hydrogen-bond acceptors (Lipinski definition) is 3. The van der Waals surface area contributed by atoms with Crippen molar-refractivity contribution in [3.05, 3.63) is 56.9 Å². The van der Waals surface area contributed by atoms with Gasteiger partial charge in [0.15, 0.2) is 0 Å². The van der Waals surface area contributed by atoms with Gasteiger partial charge in [-0.3, -0.25) is 4.79 Å². The van der Waals surface area contributed by atoms with E-state index in [9.17, 15) is 4.79 Å². The molecule has 1 aliphatic rings. The van der Waals surface area contributed by atoms with Crippen molar-refractivity contribution in [3.8, 4) is 0 Å². The molecular formula is C14H13BrN2OS. The summed E-state index contributed by atoms with van der Waals surface area (Å²) in [5, 5.41) is 0. The average Bonchev–Trinajstić information content (AvgIpc) is 2.79. The minimum Gasteiger partial charge on any atom is -0.398 e. The summed E-state index contributed by atoms with van der Waals surface area (Å²) in [5.74, 6) is 1.38. The number of anilines is 1. The number of pyridine rings is 1. The Morgan fingerprint density at radius 1 is 1.42 bits per heavy atom. The first kappa shape index (κ1) is 12.8. The minimum absolute atomic E-state index is 0.0245. The third kappa shape index (κ3) is 2.44. The van der Waals surface area contributed by atoms with Crippen molar-refractivity contribution in [3.63, 3.8) is 0 Å². The van der Waals surface area contributed by atoms with Crippen molar-refractivity contribution >= 4 is 33.4 Å². The maximum atomic E-state index is 12.1. The van der Waals surface area contributed by atoms with Gasteiger partial charge < -0.3 is 10.3 Å². The SMILES string of the molecule is Nc1cc(Br)c(=O)n(CC2CSc3ccccc32)c1. The van der Waals surface area contributed by atoms with Gasteiger partial charge in [-0.25, -0.2) is 0 Å². The van der Waals surface area contributed by atoms with Crippen LogP contribution in [0.3, 0.4) is 0 Å². The third-order valence-corrected chi connectivity index (χ3v) is 5.10. The Morgan fingerprint density at radius 2 is 2.21 bits per heavy atom. The minimum atomic E-state index is -0.0245. The van der Waals surface area contributed by atoms with Crippen molar-refractivity contribution in [2.45, 2.75) is 17.4 Å². The zero-order valence-electron chi connectivity index (χ0n) is 10.2. The standard InChI is InChI=1S/C14H13BrN2OS/c15-12-5-10(16)7-17(14(12)18)6-9-8-19-13-4-2-1-3-11(9)13/h1-5,7,9H,6,8,16H2. The smallest absolute Gasteiger partial charge is 0.264 e. The van der Waals surface area contributed by atoms with E-state index in [1.54, 1.807) is 16.8 Å². The molecule has 2 N–H and O–H groups in total. The van der Waals surface area contributed by atoms with Crippen molar-refractivity contribution in [2.75, 3.05) is 11.5 Å². The third-order valence-electron chi connectivity index (χ3n) is 3.28. The molecule has 98 valence electrons. The van der Waals surface area contributed by atoms with Crippen molar-refractivity contribution in [2.24, 2.45) is 0 Å². The van der Waals surface area contributed by atoms with Crippen molar-refractivity contribution in [1.29, 1.82) is 0 Å². The molecule has 0 saturated heterocycles. The van der Waals surface area contributed by atoms with Gasteiger partial charge in [-0.05, 0) is 33.6 Å². The van der Waals surface area contributed by atoms with E-state index in [1.807, 2.05) is 11.8 Å². The first-order valence-electron chi connectivity index (χ1n) is 6.02. The van der Waals surface area contributed by atoms with Crippen molar-refractivity contribution in [1.82, 2.24) is 4.57 Å². The Balaban J connectivity index is 1.94. The van der Waals surface area contributed by atoms with Gasteiger partial charge in [0.05, 0.1) is 4.47 Å². The number of benzene rings is 1. The van der Waals surface area contributed by atoms with E-state index in [4.69, 9.17) is 5.73 Å². The molecule has 2 heterocycles. The lowest BCUT2D eigenvalue weighted by Gasteiger charge is -2.14. The normalized spacial score (nSPS) is 17.4. The lowest BCUT2D eigenvalue weighted by Crippen LogP contribution is -2.24. The summed E-state index contributed by atoms with van der Waals surface area (Å²) >= 11 is 5.11. The van der Waals surface area contributed by atoms with E-state index in [2.05, 4.69) is 40.2 Å². The number of thioether (sulfide) groups is 1. The Labute approximate surface area is 123 Å². The second kappa shape index (κ2) is 5.06. The van der Waals surface area contributed by atoms with Crippen LogP contribution in [0.1, 0.15) is 11.5 Å². The molecule has 3 rings (SSSR count). The molecule has 3 nitrogen and oxygen atoms in total. The van der Waals surface area contributed by atoms with Crippen LogP contribution in [0.15, 0.2) is 50.7 Å². The molecule has 2 aromatic rings. The lowest BCUT2D eigenvalue weighted by molar-refractivity contribution is 0.587. The van der Waals surface area contributed by atoms with E-state index in [0.717, 1.165) is 5.75 Å². The number of rotatable bonds is 2. The molecule has 1 aromatic carbocycles. The topological polar surface area (TPSA) is 48.0 Å². The Hall–Kier alpha value is -1.20. The Morgan fingerprint density at radius 3 is 3.05 bits per heavy atom. The van der Waals surface area contributed by atoms with Gasteiger partial charge in [-0.15, -0.1) is 11.8 Å². The van der Waals surface area contributed by atoms with Crippen LogP contribution < -0.4 is 11.3 Å². The monoisotopic (exact) mass is 336 g/mol. The molecule has 0 spiro atoms. The molecule has 1 atom stereocenters. The van der Waals surface area contributed by atoms with E-state index < -0.39 is 0 Å². The fraction of sp³-hybridized carbons (Fsp3) is 0.214. The highest BCUT2D eigenvalue weighted by atomic mass is 79.9. The van der Waals surface area contributed by atoms with Crippen LogP contribution in [0.2, 0.25) is 0 Å². The molecule has 0 fully saturated rings. The second-order valence-electron chi connectivity index (χ2n) is 4.62. The maximum absolute atomic E-state index is 12.1. The molecule has 1 aliphatic heterocycles. The zero-order chi connectivity index (χ0) is 13.4. The van der Waals surface area contributed by atoms with Crippen LogP contribution in [-0.4, -0.2) is 10.3 Å². The Bertz CT molecular complexity index is 683. The molecule has 0 aliphatic carbocycles. The summed E-state index contributed by atoms with van der Waals surface area (Å²) in [4.78, 5) is 13.4. The van der Waals surface area contributed by atoms with Gasteiger partial charge in [0.2, 0.25) is 0 Å². The summed E-state index contributed by atoms with van der Waals surface area (Å²) in [6, 6.07) is 10.0. The highest BCUT2D eigenvalue weighted by Crippen LogP contribution is 2.39. The van der Waals surface area contributed by atoms with Gasteiger partial charge in [0, 0.05) is 35.0 Å². The van der Waals surface area contributed by atoms with Gasteiger partial charge in [-0.2, -0.15) is 0 Å². The first-order chi connectivity index (χ1) is 9.15. The number of fused-ring (bicyclic) bond motifs is 1. The number of halogens is 1. The van der Waals surface area contributed by atoms with Gasteiger partial charge >= 0.3 is 0 Å². The van der Waals surface area contributed by atoms with E-state index >= 15 is 0 Å². The molecule has 1 unspecified atom stereocenters. The molecule has 0 saturated carbocycles. The predicted octanol–water partition coefficient (Wildman–Crippen LogP) is 3.08. The van der Waals surface area contributed by atoms with Crippen LogP contribution in [-0.2, 0) is 6.54 Å². The highest BCUT2D eigenvalue weighted by Gasteiger charge is 2.23. The second-order valence-corrected chi connectivity index (χ2v) is 6.54.